The molecule has 1 heterocycles. The fourth-order valence-corrected chi connectivity index (χ4v) is 5.72. The Morgan fingerprint density at radius 2 is 0.884 bits per heavy atom. The monoisotopic (exact) mass is 563 g/mol. The van der Waals surface area contributed by atoms with Gasteiger partial charge in [0.25, 0.3) is 0 Å². The zero-order chi connectivity index (χ0) is 43.1. The smallest absolute Gasteiger partial charge is 0.136 e. The van der Waals surface area contributed by atoms with Crippen LogP contribution < -0.4 is 0 Å². The van der Waals surface area contributed by atoms with Gasteiger partial charge in [-0.3, -0.25) is 0 Å². The van der Waals surface area contributed by atoms with Crippen LogP contribution in [0.4, 0.5) is 0 Å². The summed E-state index contributed by atoms with van der Waals surface area (Å²) in [6.45, 7) is 0. The minimum atomic E-state index is -0.860. The number of hydrogen-bond acceptors (Lipinski definition) is 1. The predicted molar refractivity (Wildman–Crippen MR) is 183 cm³/mol. The van der Waals surface area contributed by atoms with Crippen LogP contribution in [0.2, 0.25) is 0 Å². The van der Waals surface area contributed by atoms with Crippen LogP contribution >= 0.6 is 0 Å². The van der Waals surface area contributed by atoms with Crippen LogP contribution in [0.25, 0.3) is 87.6 Å². The molecule has 0 unspecified atom stereocenters. The highest BCUT2D eigenvalue weighted by atomic mass is 16.3. The topological polar surface area (TPSA) is 13.1 Å². The van der Waals surface area contributed by atoms with Crippen molar-refractivity contribution in [1.29, 1.82) is 0 Å². The molecule has 0 bridgehead atoms. The lowest BCUT2D eigenvalue weighted by Crippen LogP contribution is -1.91. The van der Waals surface area contributed by atoms with Crippen molar-refractivity contribution in [3.63, 3.8) is 0 Å². The average Bonchev–Trinajstić information content (AvgIpc) is 3.60. The second-order valence-corrected chi connectivity index (χ2v) is 10.0. The zero-order valence-corrected chi connectivity index (χ0v) is 22.1. The van der Waals surface area contributed by atoms with Gasteiger partial charge in [0.1, 0.15) is 11.2 Å². The Morgan fingerprint density at radius 1 is 0.372 bits per heavy atom. The number of benzene rings is 8. The molecule has 1 aromatic heterocycles. The van der Waals surface area contributed by atoms with Gasteiger partial charge in [-0.15, -0.1) is 0 Å². The second kappa shape index (κ2) is 9.44. The summed E-state index contributed by atoms with van der Waals surface area (Å²) in [5.41, 5.74) is -0.959. The molecule has 1 heteroatoms. The first-order valence-electron chi connectivity index (χ1n) is 21.9. The van der Waals surface area contributed by atoms with Gasteiger partial charge in [-0.2, -0.15) is 0 Å². The van der Waals surface area contributed by atoms with E-state index in [0.717, 1.165) is 10.8 Å². The molecule has 0 spiro atoms. The second-order valence-electron chi connectivity index (χ2n) is 10.0. The minimum absolute atomic E-state index is 0.00852. The van der Waals surface area contributed by atoms with E-state index >= 15 is 0 Å². The van der Waals surface area contributed by atoms with E-state index in [9.17, 15) is 8.22 Å². The maximum absolute atomic E-state index is 9.33. The molecular formula is C42H26O. The van der Waals surface area contributed by atoms with Crippen molar-refractivity contribution in [2.24, 2.45) is 0 Å². The highest BCUT2D eigenvalue weighted by Crippen LogP contribution is 2.45. The third-order valence-electron chi connectivity index (χ3n) is 7.63. The fourth-order valence-electron chi connectivity index (χ4n) is 5.72. The lowest BCUT2D eigenvalue weighted by molar-refractivity contribution is 0.669. The summed E-state index contributed by atoms with van der Waals surface area (Å²) in [6, 6.07) is 3.72. The van der Waals surface area contributed by atoms with E-state index in [4.69, 9.17) is 19.5 Å². The van der Waals surface area contributed by atoms with Gasteiger partial charge in [-0.25, -0.2) is 0 Å². The lowest BCUT2D eigenvalue weighted by atomic mass is 9.85. The molecule has 0 aliphatic heterocycles. The van der Waals surface area contributed by atoms with Gasteiger partial charge in [-0.1, -0.05) is 133 Å². The minimum Gasteiger partial charge on any atom is -0.456 e. The quantitative estimate of drug-likeness (QED) is 0.195. The van der Waals surface area contributed by atoms with Crippen LogP contribution in [0.3, 0.4) is 0 Å². The molecule has 0 aliphatic carbocycles. The largest absolute Gasteiger partial charge is 0.456 e. The normalized spacial score (nSPS) is 17.3. The highest BCUT2D eigenvalue weighted by Gasteiger charge is 2.18. The predicted octanol–water partition coefficient (Wildman–Crippen LogP) is 12.0. The molecule has 0 atom stereocenters. The Labute approximate surface area is 273 Å². The first-order chi connectivity index (χ1) is 28.4. The Balaban J connectivity index is 1.49. The van der Waals surface area contributed by atoms with E-state index in [1.807, 2.05) is 36.4 Å². The van der Waals surface area contributed by atoms with E-state index in [1.54, 1.807) is 18.2 Å². The molecule has 200 valence electrons. The summed E-state index contributed by atoms with van der Waals surface area (Å²) >= 11 is 0. The van der Waals surface area contributed by atoms with Gasteiger partial charge < -0.3 is 4.42 Å². The zero-order valence-electron chi connectivity index (χ0n) is 39.1. The summed E-state index contributed by atoms with van der Waals surface area (Å²) in [6.07, 6.45) is 0. The molecule has 0 N–H and O–H groups in total. The van der Waals surface area contributed by atoms with Crippen molar-refractivity contribution in [2.75, 3.05) is 0 Å². The van der Waals surface area contributed by atoms with Crippen LogP contribution in [-0.4, -0.2) is 0 Å². The SMILES string of the molecule is [2H]c1c([2H])c([2H])c(-c2c([2H])c([2H])c(-c3c4c([2H])c([2H])c([2H])c([2H])c4c(-c4ccc5oc6cc7ccccc7cc6c5c4)c4c([2H])c([2H])c([2H])c([2H])c34)c([2H])c2[2H])c([2H])c1[2H]. The van der Waals surface area contributed by atoms with Crippen molar-refractivity contribution in [1.82, 2.24) is 0 Å². The van der Waals surface area contributed by atoms with Crippen LogP contribution in [0, 0.1) is 0 Å². The molecule has 9 rings (SSSR count). The van der Waals surface area contributed by atoms with E-state index < -0.39 is 125 Å². The van der Waals surface area contributed by atoms with Gasteiger partial charge >= 0.3 is 0 Å². The molecule has 0 saturated heterocycles. The molecule has 0 fully saturated rings. The van der Waals surface area contributed by atoms with Crippen LogP contribution in [-0.2, 0) is 0 Å². The Morgan fingerprint density at radius 3 is 1.53 bits per heavy atom. The molecule has 8 aromatic carbocycles. The maximum Gasteiger partial charge on any atom is 0.136 e. The van der Waals surface area contributed by atoms with Crippen molar-refractivity contribution in [3.05, 3.63) is 157 Å². The first kappa shape index (κ1) is 12.7. The maximum atomic E-state index is 9.33. The summed E-state index contributed by atoms with van der Waals surface area (Å²) in [7, 11) is 0. The van der Waals surface area contributed by atoms with Crippen molar-refractivity contribution in [2.45, 2.75) is 0 Å². The third-order valence-corrected chi connectivity index (χ3v) is 7.63. The summed E-state index contributed by atoms with van der Waals surface area (Å²) < 4.78 is 157. The van der Waals surface area contributed by atoms with Crippen LogP contribution in [0.5, 0.6) is 0 Å². The molecule has 1 nitrogen and oxygen atoms in total. The first-order valence-corrected chi connectivity index (χ1v) is 13.4. The van der Waals surface area contributed by atoms with Gasteiger partial charge in [0.2, 0.25) is 0 Å². The summed E-state index contributed by atoms with van der Waals surface area (Å²) in [4.78, 5) is 0. The highest BCUT2D eigenvalue weighted by molar-refractivity contribution is 6.22. The van der Waals surface area contributed by atoms with Crippen LogP contribution in [0.1, 0.15) is 23.3 Å². The standard InChI is InChI=1S/C42H26O/c1-2-10-27(11-3-1)28-18-20-29(21-19-28)41-33-14-6-8-16-35(33)42(36-17-9-7-15-34(36)41)32-22-23-39-37(25-32)38-24-30-12-4-5-13-31(30)26-40(38)43-39/h1-26H/i1D,2D,3D,6D,7D,8D,9D,10D,11D,14D,15D,16D,17D,18D,19D,20D,21D. The van der Waals surface area contributed by atoms with Gasteiger partial charge in [0, 0.05) is 10.8 Å². The molecule has 0 radical (unpaired) electrons. The molecule has 0 saturated carbocycles. The average molecular weight is 564 g/mol. The van der Waals surface area contributed by atoms with Crippen molar-refractivity contribution >= 4 is 54.3 Å². The molecular weight excluding hydrogens is 520 g/mol. The lowest BCUT2D eigenvalue weighted by Gasteiger charge is -2.18. The number of furan rings is 1. The number of rotatable bonds is 3. The van der Waals surface area contributed by atoms with Crippen LogP contribution in [0.15, 0.2) is 162 Å². The molecule has 9 aromatic rings. The van der Waals surface area contributed by atoms with Crippen molar-refractivity contribution < 1.29 is 27.7 Å². The van der Waals surface area contributed by atoms with E-state index in [2.05, 4.69) is 0 Å². The number of hydrogen-bond donors (Lipinski definition) is 0. The van der Waals surface area contributed by atoms with Gasteiger partial charge in [0.15, 0.2) is 0 Å². The van der Waals surface area contributed by atoms with Gasteiger partial charge in [0.05, 0.1) is 23.3 Å². The summed E-state index contributed by atoms with van der Waals surface area (Å²) in [5.74, 6) is 0. The van der Waals surface area contributed by atoms with E-state index in [1.165, 1.54) is 0 Å². The Hall–Kier alpha value is -5.66. The summed E-state index contributed by atoms with van der Waals surface area (Å²) in [5, 5.41) is 2.00. The third kappa shape index (κ3) is 3.79. The van der Waals surface area contributed by atoms with E-state index in [0.29, 0.717) is 21.9 Å². The Bertz CT molecular complexity index is 3320. The molecule has 0 amide bonds. The van der Waals surface area contributed by atoms with Crippen molar-refractivity contribution in [3.8, 4) is 33.4 Å². The molecule has 0 aliphatic rings. The molecule has 43 heavy (non-hydrogen) atoms. The van der Waals surface area contributed by atoms with E-state index in [-0.39, 0.29) is 32.7 Å². The Kier molecular flexibility index (Phi) is 2.79. The fraction of sp³-hybridized carbons (Fsp3) is 0. The number of fused-ring (bicyclic) bond motifs is 6. The van der Waals surface area contributed by atoms with Gasteiger partial charge in [-0.05, 0) is 90.0 Å².